The van der Waals surface area contributed by atoms with E-state index in [0.29, 0.717) is 23.4 Å². The second-order valence-electron chi connectivity index (χ2n) is 8.67. The third kappa shape index (κ3) is 3.23. The maximum Gasteiger partial charge on any atom is 0.279 e. The molecule has 7 nitrogen and oxygen atoms in total. The van der Waals surface area contributed by atoms with Gasteiger partial charge in [-0.1, -0.05) is 19.1 Å². The van der Waals surface area contributed by atoms with Crippen LogP contribution in [0.25, 0.3) is 11.3 Å². The van der Waals surface area contributed by atoms with Crippen molar-refractivity contribution in [3.05, 3.63) is 56.6 Å². The zero-order chi connectivity index (χ0) is 22.4. The minimum atomic E-state index is -0.374. The van der Waals surface area contributed by atoms with Crippen LogP contribution in [-0.4, -0.2) is 50.5 Å². The van der Waals surface area contributed by atoms with Crippen LogP contribution >= 0.6 is 0 Å². The van der Waals surface area contributed by atoms with Crippen molar-refractivity contribution in [2.24, 2.45) is 0 Å². The van der Waals surface area contributed by atoms with Gasteiger partial charge in [-0.05, 0) is 64.2 Å². The predicted molar refractivity (Wildman–Crippen MR) is 120 cm³/mol. The Morgan fingerprint density at radius 1 is 1.03 bits per heavy atom. The van der Waals surface area contributed by atoms with E-state index >= 15 is 0 Å². The van der Waals surface area contributed by atoms with Crippen molar-refractivity contribution in [1.82, 2.24) is 19.6 Å². The third-order valence-electron chi connectivity index (χ3n) is 6.42. The Balaban J connectivity index is 1.98. The number of likely N-dealkylation sites (tertiary alicyclic amines) is 1. The molecule has 1 fully saturated rings. The highest BCUT2D eigenvalue weighted by molar-refractivity contribution is 6.35. The molecule has 3 heterocycles. The first-order valence-electron chi connectivity index (χ1n) is 11.1. The molecule has 7 heteroatoms. The lowest BCUT2D eigenvalue weighted by atomic mass is 10.0. The summed E-state index contributed by atoms with van der Waals surface area (Å²) in [5.41, 5.74) is 4.17. The molecule has 1 N–H and O–H groups in total. The van der Waals surface area contributed by atoms with Crippen molar-refractivity contribution in [3.8, 4) is 5.69 Å². The van der Waals surface area contributed by atoms with Gasteiger partial charge in [0.15, 0.2) is 0 Å². The minimum Gasteiger partial charge on any atom is -0.366 e. The van der Waals surface area contributed by atoms with Gasteiger partial charge in [0.1, 0.15) is 5.70 Å². The van der Waals surface area contributed by atoms with Gasteiger partial charge < -0.3 is 4.90 Å². The smallest absolute Gasteiger partial charge is 0.279 e. The molecule has 0 atom stereocenters. The molecule has 2 amide bonds. The normalized spacial score (nSPS) is 17.1. The molecule has 0 spiro atoms. The lowest BCUT2D eigenvalue weighted by molar-refractivity contribution is -0.139. The summed E-state index contributed by atoms with van der Waals surface area (Å²) in [6.45, 7) is 11.0. The van der Waals surface area contributed by atoms with Crippen molar-refractivity contribution in [2.45, 2.75) is 59.9 Å². The minimum absolute atomic E-state index is 0.253. The van der Waals surface area contributed by atoms with E-state index < -0.39 is 0 Å². The molecule has 1 aromatic heterocycles. The van der Waals surface area contributed by atoms with E-state index in [0.717, 1.165) is 42.7 Å². The number of imide groups is 1. The average Bonchev–Trinajstić information content (AvgIpc) is 3.41. The van der Waals surface area contributed by atoms with Gasteiger partial charge >= 0.3 is 0 Å². The first-order valence-corrected chi connectivity index (χ1v) is 11.1. The maximum atomic E-state index is 13.7. The van der Waals surface area contributed by atoms with Crippen LogP contribution in [0.2, 0.25) is 0 Å². The Hall–Kier alpha value is -3.09. The van der Waals surface area contributed by atoms with E-state index in [1.165, 1.54) is 9.58 Å². The van der Waals surface area contributed by atoms with Crippen molar-refractivity contribution < 1.29 is 9.59 Å². The summed E-state index contributed by atoms with van der Waals surface area (Å²) in [7, 11) is 0. The zero-order valence-electron chi connectivity index (χ0n) is 18.9. The number of H-pyrrole nitrogens is 1. The molecular weight excluding hydrogens is 392 g/mol. The van der Waals surface area contributed by atoms with E-state index in [2.05, 4.69) is 5.10 Å². The summed E-state index contributed by atoms with van der Waals surface area (Å²) < 4.78 is 1.51. The number of amides is 2. The molecule has 164 valence electrons. The molecular formula is C24H30N4O3. The fraction of sp³-hybridized carbons (Fsp3) is 0.458. The molecule has 2 aliphatic heterocycles. The van der Waals surface area contributed by atoms with Crippen LogP contribution in [0.5, 0.6) is 0 Å². The van der Waals surface area contributed by atoms with Crippen LogP contribution in [-0.2, 0) is 16.0 Å². The predicted octanol–water partition coefficient (Wildman–Crippen LogP) is 2.93. The number of aryl methyl sites for hydroxylation is 2. The molecule has 31 heavy (non-hydrogen) atoms. The van der Waals surface area contributed by atoms with Crippen LogP contribution in [0.4, 0.5) is 0 Å². The Labute approximate surface area is 182 Å². The van der Waals surface area contributed by atoms with E-state index in [1.807, 2.05) is 57.7 Å². The summed E-state index contributed by atoms with van der Waals surface area (Å²) in [4.78, 5) is 43.7. The van der Waals surface area contributed by atoms with Gasteiger partial charge in [0.05, 0.1) is 16.8 Å². The molecule has 1 aromatic carbocycles. The molecule has 1 saturated heterocycles. The topological polar surface area (TPSA) is 78.4 Å². The van der Waals surface area contributed by atoms with Crippen LogP contribution in [0.3, 0.4) is 0 Å². The van der Waals surface area contributed by atoms with E-state index in [9.17, 15) is 14.4 Å². The number of hydrogen-bond donors (Lipinski definition) is 1. The molecule has 2 aromatic rings. The molecule has 2 aliphatic rings. The fourth-order valence-corrected chi connectivity index (χ4v) is 4.61. The summed E-state index contributed by atoms with van der Waals surface area (Å²) in [5.74, 6) is -0.668. The highest BCUT2D eigenvalue weighted by atomic mass is 16.2. The van der Waals surface area contributed by atoms with Crippen LogP contribution in [0.1, 0.15) is 56.0 Å². The summed E-state index contributed by atoms with van der Waals surface area (Å²) in [5, 5.41) is 3.22. The summed E-state index contributed by atoms with van der Waals surface area (Å²) >= 11 is 0. The highest BCUT2D eigenvalue weighted by Gasteiger charge is 2.45. The van der Waals surface area contributed by atoms with E-state index in [-0.39, 0.29) is 29.0 Å². The van der Waals surface area contributed by atoms with Crippen molar-refractivity contribution in [2.75, 3.05) is 13.1 Å². The summed E-state index contributed by atoms with van der Waals surface area (Å²) in [6, 6.07) is 5.53. The van der Waals surface area contributed by atoms with Gasteiger partial charge in [0.2, 0.25) is 0 Å². The molecule has 0 saturated carbocycles. The number of nitrogens with zero attached hydrogens (tertiary/aromatic N) is 3. The second-order valence-corrected chi connectivity index (χ2v) is 8.67. The number of rotatable bonds is 5. The number of carbonyl (C=O) groups excluding carboxylic acids is 2. The standard InChI is InChI=1S/C24H30N4O3/c1-6-17-19(23(30)28(25-17)18-11-9-10-15(4)16(18)5)20-21(26-12-7-8-13-26)24(31)27(14(2)3)22(20)29/h9-11,14,25H,6-8,12-13H2,1-5H3. The van der Waals surface area contributed by atoms with Gasteiger partial charge in [-0.3, -0.25) is 24.4 Å². The molecule has 0 unspecified atom stereocenters. The van der Waals surface area contributed by atoms with Crippen molar-refractivity contribution >= 4 is 17.4 Å². The fourth-order valence-electron chi connectivity index (χ4n) is 4.61. The van der Waals surface area contributed by atoms with Crippen LogP contribution in [0.15, 0.2) is 28.7 Å². The largest absolute Gasteiger partial charge is 0.366 e. The monoisotopic (exact) mass is 422 g/mol. The number of hydrogen-bond acceptors (Lipinski definition) is 4. The van der Waals surface area contributed by atoms with Gasteiger partial charge in [0.25, 0.3) is 17.4 Å². The number of carbonyl (C=O) groups is 2. The van der Waals surface area contributed by atoms with Crippen molar-refractivity contribution in [3.63, 3.8) is 0 Å². The summed E-state index contributed by atoms with van der Waals surface area (Å²) in [6.07, 6.45) is 2.49. The van der Waals surface area contributed by atoms with E-state index in [4.69, 9.17) is 0 Å². The van der Waals surface area contributed by atoms with Gasteiger partial charge in [0, 0.05) is 24.8 Å². The number of benzene rings is 1. The number of nitrogens with one attached hydrogen (secondary N) is 1. The quantitative estimate of drug-likeness (QED) is 0.752. The first kappa shape index (κ1) is 21.2. The molecule has 4 rings (SSSR count). The van der Waals surface area contributed by atoms with Gasteiger partial charge in [-0.2, -0.15) is 0 Å². The highest BCUT2D eigenvalue weighted by Crippen LogP contribution is 2.34. The maximum absolute atomic E-state index is 13.7. The average molecular weight is 423 g/mol. The lowest BCUT2D eigenvalue weighted by Gasteiger charge is -2.22. The number of aromatic nitrogens is 2. The van der Waals surface area contributed by atoms with Crippen LogP contribution < -0.4 is 5.56 Å². The Bertz CT molecular complexity index is 1150. The van der Waals surface area contributed by atoms with Crippen molar-refractivity contribution in [1.29, 1.82) is 0 Å². The Kier molecular flexibility index (Phi) is 5.37. The van der Waals surface area contributed by atoms with Crippen LogP contribution in [0, 0.1) is 13.8 Å². The molecule has 0 radical (unpaired) electrons. The Morgan fingerprint density at radius 3 is 2.32 bits per heavy atom. The van der Waals surface area contributed by atoms with E-state index in [1.54, 1.807) is 0 Å². The van der Waals surface area contributed by atoms with Gasteiger partial charge in [-0.25, -0.2) is 4.68 Å². The third-order valence-corrected chi connectivity index (χ3v) is 6.42. The molecule has 0 bridgehead atoms. The Morgan fingerprint density at radius 2 is 1.71 bits per heavy atom. The van der Waals surface area contributed by atoms with Gasteiger partial charge in [-0.15, -0.1) is 0 Å². The first-order chi connectivity index (χ1) is 14.8. The zero-order valence-corrected chi connectivity index (χ0v) is 18.9. The SMILES string of the molecule is CCc1[nH]n(-c2cccc(C)c2C)c(=O)c1C1=C(N2CCCC2)C(=O)N(C(C)C)C1=O. The number of aromatic amines is 1. The second kappa shape index (κ2) is 7.87. The molecule has 0 aliphatic carbocycles. The lowest BCUT2D eigenvalue weighted by Crippen LogP contribution is -2.39.